The Hall–Kier alpha value is -1.53. The van der Waals surface area contributed by atoms with Crippen LogP contribution < -0.4 is 11.1 Å². The minimum Gasteiger partial charge on any atom is -0.397 e. The third-order valence-corrected chi connectivity index (χ3v) is 4.42. The highest BCUT2D eigenvalue weighted by Crippen LogP contribution is 2.23. The van der Waals surface area contributed by atoms with Gasteiger partial charge in [-0.3, -0.25) is 0 Å². The fourth-order valence-electron chi connectivity index (χ4n) is 1.44. The largest absolute Gasteiger partial charge is 0.397 e. The van der Waals surface area contributed by atoms with Gasteiger partial charge in [0.15, 0.2) is 0 Å². The first-order valence-electron chi connectivity index (χ1n) is 5.94. The lowest BCUT2D eigenvalue weighted by Crippen LogP contribution is -2.22. The van der Waals surface area contributed by atoms with Crippen LogP contribution in [0.15, 0.2) is 34.7 Å². The molecule has 1 aromatic carbocycles. The maximum absolute atomic E-state index is 11.9. The van der Waals surface area contributed by atoms with Gasteiger partial charge in [0.2, 0.25) is 10.0 Å². The maximum atomic E-state index is 11.9. The van der Waals surface area contributed by atoms with Crippen molar-refractivity contribution in [3.63, 3.8) is 0 Å². The van der Waals surface area contributed by atoms with Crippen molar-refractivity contribution in [1.82, 2.24) is 4.31 Å². The smallest absolute Gasteiger partial charge is 0.242 e. The normalized spacial score (nSPS) is 11.4. The predicted molar refractivity (Wildman–Crippen MR) is 79.6 cm³/mol. The van der Waals surface area contributed by atoms with E-state index in [0.717, 1.165) is 9.99 Å². The summed E-state index contributed by atoms with van der Waals surface area (Å²) in [5.74, 6) is 0. The highest BCUT2D eigenvalue weighted by Gasteiger charge is 2.17. The zero-order valence-electron chi connectivity index (χ0n) is 11.8. The molecule has 0 unspecified atom stereocenters. The summed E-state index contributed by atoms with van der Waals surface area (Å²) in [4.78, 5) is 0.197. The summed E-state index contributed by atoms with van der Waals surface area (Å²) in [5.41, 5.74) is 8.23. The minimum absolute atomic E-state index is 0.197. The Kier molecular flexibility index (Phi) is 4.97. The Morgan fingerprint density at radius 3 is 2.47 bits per heavy atom. The van der Waals surface area contributed by atoms with Crippen LogP contribution in [0.5, 0.6) is 0 Å². The Bertz CT molecular complexity index is 574. The first-order valence-corrected chi connectivity index (χ1v) is 7.38. The van der Waals surface area contributed by atoms with Crippen LogP contribution in [0.1, 0.15) is 13.8 Å². The van der Waals surface area contributed by atoms with E-state index >= 15 is 0 Å². The van der Waals surface area contributed by atoms with E-state index in [1.807, 2.05) is 19.9 Å². The Morgan fingerprint density at radius 1 is 1.37 bits per heavy atom. The molecule has 19 heavy (non-hydrogen) atoms. The van der Waals surface area contributed by atoms with E-state index in [9.17, 15) is 8.42 Å². The number of nitrogen functional groups attached to an aromatic ring is 1. The van der Waals surface area contributed by atoms with Crippen LogP contribution in [-0.2, 0) is 10.0 Å². The number of nitrogens with zero attached hydrogens (tertiary/aromatic N) is 1. The number of nitrogens with one attached hydrogen (secondary N) is 1. The van der Waals surface area contributed by atoms with E-state index in [2.05, 4.69) is 5.32 Å². The molecular formula is C13H21N3O2S. The Balaban J connectivity index is 2.96. The van der Waals surface area contributed by atoms with E-state index in [1.54, 1.807) is 12.1 Å². The van der Waals surface area contributed by atoms with E-state index in [0.29, 0.717) is 12.2 Å². The summed E-state index contributed by atoms with van der Waals surface area (Å²) in [7, 11) is -0.451. The lowest BCUT2D eigenvalue weighted by molar-refractivity contribution is 0.521. The van der Waals surface area contributed by atoms with Crippen LogP contribution in [0.25, 0.3) is 0 Å². The third-order valence-electron chi connectivity index (χ3n) is 2.60. The van der Waals surface area contributed by atoms with Crippen LogP contribution in [0.4, 0.5) is 11.4 Å². The summed E-state index contributed by atoms with van der Waals surface area (Å²) < 4.78 is 25.0. The van der Waals surface area contributed by atoms with Crippen molar-refractivity contribution < 1.29 is 8.42 Å². The van der Waals surface area contributed by atoms with E-state index < -0.39 is 10.0 Å². The maximum Gasteiger partial charge on any atom is 0.242 e. The number of hydrogen-bond acceptors (Lipinski definition) is 4. The molecule has 6 heteroatoms. The highest BCUT2D eigenvalue weighted by atomic mass is 32.2. The fraction of sp³-hybridized carbons (Fsp3) is 0.385. The molecule has 0 aliphatic carbocycles. The van der Waals surface area contributed by atoms with Crippen molar-refractivity contribution in [2.45, 2.75) is 18.7 Å². The second-order valence-corrected chi connectivity index (χ2v) is 6.85. The molecule has 0 aliphatic rings. The number of nitrogens with two attached hydrogens (primary N) is 1. The molecule has 3 N–H and O–H groups in total. The van der Waals surface area contributed by atoms with Crippen molar-refractivity contribution in [3.05, 3.63) is 29.8 Å². The number of hydrogen-bond donors (Lipinski definition) is 2. The first-order chi connectivity index (χ1) is 8.75. The standard InChI is InChI=1S/C13H21N3O2S/c1-10(2)7-8-15-13-6-5-11(9-12(13)14)19(17,18)16(3)4/h5-7,9,15H,8,14H2,1-4H3. The SMILES string of the molecule is CC(C)=CCNc1ccc(S(=O)(=O)N(C)C)cc1N. The van der Waals surface area contributed by atoms with Crippen LogP contribution in [0.3, 0.4) is 0 Å². The Morgan fingerprint density at radius 2 is 2.00 bits per heavy atom. The zero-order chi connectivity index (χ0) is 14.6. The third kappa shape index (κ3) is 3.97. The number of anilines is 2. The van der Waals surface area contributed by atoms with Crippen molar-refractivity contribution >= 4 is 21.4 Å². The van der Waals surface area contributed by atoms with Crippen molar-refractivity contribution in [2.75, 3.05) is 31.7 Å². The minimum atomic E-state index is -3.44. The molecule has 0 aromatic heterocycles. The molecule has 5 nitrogen and oxygen atoms in total. The van der Waals surface area contributed by atoms with Crippen molar-refractivity contribution in [3.8, 4) is 0 Å². The van der Waals surface area contributed by atoms with Gasteiger partial charge in [-0.1, -0.05) is 11.6 Å². The van der Waals surface area contributed by atoms with Crippen molar-refractivity contribution in [2.24, 2.45) is 0 Å². The molecule has 0 radical (unpaired) electrons. The van der Waals surface area contributed by atoms with Gasteiger partial charge >= 0.3 is 0 Å². The Labute approximate surface area is 115 Å². The summed E-state index contributed by atoms with van der Waals surface area (Å²) in [6.07, 6.45) is 2.03. The second-order valence-electron chi connectivity index (χ2n) is 4.70. The molecule has 106 valence electrons. The number of allylic oxidation sites excluding steroid dienone is 1. The van der Waals surface area contributed by atoms with Gasteiger partial charge in [0.25, 0.3) is 0 Å². The molecule has 0 saturated carbocycles. The molecule has 0 saturated heterocycles. The van der Waals surface area contributed by atoms with Crippen LogP contribution in [0, 0.1) is 0 Å². The molecule has 0 atom stereocenters. The molecule has 1 aromatic rings. The summed E-state index contributed by atoms with van der Waals surface area (Å²) in [6, 6.07) is 4.71. The van der Waals surface area contributed by atoms with E-state index in [1.165, 1.54) is 25.7 Å². The monoisotopic (exact) mass is 283 g/mol. The molecule has 0 heterocycles. The lowest BCUT2D eigenvalue weighted by atomic mass is 10.2. The average molecular weight is 283 g/mol. The van der Waals surface area contributed by atoms with Gasteiger partial charge in [-0.25, -0.2) is 12.7 Å². The zero-order valence-corrected chi connectivity index (χ0v) is 12.6. The van der Waals surface area contributed by atoms with Gasteiger partial charge in [-0.2, -0.15) is 0 Å². The van der Waals surface area contributed by atoms with Crippen molar-refractivity contribution in [1.29, 1.82) is 0 Å². The number of rotatable bonds is 5. The van der Waals surface area contributed by atoms with Crippen LogP contribution in [0.2, 0.25) is 0 Å². The molecule has 0 amide bonds. The van der Waals surface area contributed by atoms with Gasteiger partial charge in [-0.15, -0.1) is 0 Å². The second kappa shape index (κ2) is 6.08. The van der Waals surface area contributed by atoms with Crippen LogP contribution in [-0.4, -0.2) is 33.4 Å². The highest BCUT2D eigenvalue weighted by molar-refractivity contribution is 7.89. The summed E-state index contributed by atoms with van der Waals surface area (Å²) in [5, 5.41) is 3.14. The summed E-state index contributed by atoms with van der Waals surface area (Å²) in [6.45, 7) is 4.68. The quantitative estimate of drug-likeness (QED) is 0.639. The van der Waals surface area contributed by atoms with Gasteiger partial charge in [0.05, 0.1) is 16.3 Å². The predicted octanol–water partition coefficient (Wildman–Crippen LogP) is 1.90. The van der Waals surface area contributed by atoms with Gasteiger partial charge in [-0.05, 0) is 32.0 Å². The molecule has 1 rings (SSSR count). The molecule has 0 bridgehead atoms. The average Bonchev–Trinajstić information content (AvgIpc) is 2.30. The lowest BCUT2D eigenvalue weighted by Gasteiger charge is -2.13. The van der Waals surface area contributed by atoms with Crippen LogP contribution >= 0.6 is 0 Å². The van der Waals surface area contributed by atoms with E-state index in [4.69, 9.17) is 5.73 Å². The summed E-state index contributed by atoms with van der Waals surface area (Å²) >= 11 is 0. The molecular weight excluding hydrogens is 262 g/mol. The van der Waals surface area contributed by atoms with E-state index in [-0.39, 0.29) is 4.90 Å². The fourth-order valence-corrected chi connectivity index (χ4v) is 2.38. The first kappa shape index (κ1) is 15.5. The van der Waals surface area contributed by atoms with Gasteiger partial charge in [0.1, 0.15) is 0 Å². The van der Waals surface area contributed by atoms with Gasteiger partial charge < -0.3 is 11.1 Å². The number of sulfonamides is 1. The molecule has 0 spiro atoms. The number of benzene rings is 1. The topological polar surface area (TPSA) is 75.4 Å². The molecule has 0 fully saturated rings. The molecule has 0 aliphatic heterocycles. The van der Waals surface area contributed by atoms with Gasteiger partial charge in [0, 0.05) is 20.6 Å².